The van der Waals surface area contributed by atoms with Gasteiger partial charge in [0, 0.05) is 30.7 Å². The third-order valence-electron chi connectivity index (χ3n) is 4.80. The Morgan fingerprint density at radius 3 is 2.64 bits per heavy atom. The topological polar surface area (TPSA) is 71.8 Å². The predicted molar refractivity (Wildman–Crippen MR) is 110 cm³/mol. The van der Waals surface area contributed by atoms with E-state index >= 15 is 0 Å². The summed E-state index contributed by atoms with van der Waals surface area (Å²) in [5.74, 6) is 0.618. The van der Waals surface area contributed by atoms with Gasteiger partial charge < -0.3 is 19.4 Å². The number of amides is 1. The average Bonchev–Trinajstić information content (AvgIpc) is 3.18. The molecule has 0 atom stereocenters. The second-order valence-electron chi connectivity index (χ2n) is 6.50. The van der Waals surface area contributed by atoms with Crippen molar-refractivity contribution in [1.29, 1.82) is 0 Å². The summed E-state index contributed by atoms with van der Waals surface area (Å²) in [5, 5.41) is 2.96. The third kappa shape index (κ3) is 4.48. The number of carbonyl (C=O) groups is 1. The highest BCUT2D eigenvalue weighted by Crippen LogP contribution is 2.24. The van der Waals surface area contributed by atoms with Crippen LogP contribution in [-0.4, -0.2) is 58.5 Å². The molecule has 3 aromatic rings. The number of nitrogens with one attached hydrogen (secondary N) is 1. The van der Waals surface area contributed by atoms with Crippen molar-refractivity contribution in [2.75, 3.05) is 33.3 Å². The Balaban J connectivity index is 1.72. The second kappa shape index (κ2) is 9.32. The van der Waals surface area contributed by atoms with Crippen molar-refractivity contribution in [3.05, 3.63) is 48.5 Å². The van der Waals surface area contributed by atoms with Gasteiger partial charge in [0.2, 0.25) is 0 Å². The van der Waals surface area contributed by atoms with Gasteiger partial charge in [0.25, 0.3) is 5.91 Å². The molecule has 28 heavy (non-hydrogen) atoms. The maximum atomic E-state index is 12.5. The summed E-state index contributed by atoms with van der Waals surface area (Å²) in [4.78, 5) is 23.8. The smallest absolute Gasteiger partial charge is 0.271 e. The highest BCUT2D eigenvalue weighted by Gasteiger charge is 2.14. The molecule has 0 saturated carbocycles. The first-order valence-corrected chi connectivity index (χ1v) is 9.65. The fourth-order valence-electron chi connectivity index (χ4n) is 3.12. The van der Waals surface area contributed by atoms with Crippen molar-refractivity contribution in [1.82, 2.24) is 24.6 Å². The van der Waals surface area contributed by atoms with Gasteiger partial charge in [-0.3, -0.25) is 9.78 Å². The van der Waals surface area contributed by atoms with Gasteiger partial charge in [0.05, 0.1) is 7.11 Å². The minimum absolute atomic E-state index is 0.163. The highest BCUT2D eigenvalue weighted by atomic mass is 16.5. The number of carbonyl (C=O) groups excluding carboxylic acids is 1. The van der Waals surface area contributed by atoms with Crippen molar-refractivity contribution in [2.24, 2.45) is 0 Å². The molecule has 2 heterocycles. The number of hydrogen-bond acceptors (Lipinski definition) is 5. The Kier molecular flexibility index (Phi) is 6.60. The van der Waals surface area contributed by atoms with Crippen molar-refractivity contribution < 1.29 is 9.53 Å². The summed E-state index contributed by atoms with van der Waals surface area (Å²) >= 11 is 0. The maximum absolute atomic E-state index is 12.5. The molecular weight excluding hydrogens is 354 g/mol. The van der Waals surface area contributed by atoms with E-state index in [1.807, 2.05) is 28.7 Å². The minimum Gasteiger partial charge on any atom is -0.497 e. The largest absolute Gasteiger partial charge is 0.497 e. The first kappa shape index (κ1) is 19.8. The number of hydrogen-bond donors (Lipinski definition) is 1. The first-order chi connectivity index (χ1) is 13.7. The summed E-state index contributed by atoms with van der Waals surface area (Å²) in [7, 11) is 1.63. The zero-order valence-corrected chi connectivity index (χ0v) is 16.7. The Labute approximate surface area is 165 Å². The molecule has 0 radical (unpaired) electrons. The van der Waals surface area contributed by atoms with E-state index in [2.05, 4.69) is 34.0 Å². The lowest BCUT2D eigenvalue weighted by molar-refractivity contribution is 0.0947. The molecule has 0 saturated heterocycles. The van der Waals surface area contributed by atoms with E-state index in [1.165, 1.54) is 0 Å². The van der Waals surface area contributed by atoms with E-state index in [0.29, 0.717) is 17.9 Å². The fraction of sp³-hybridized carbons (Fsp3) is 0.381. The van der Waals surface area contributed by atoms with Crippen LogP contribution in [0.1, 0.15) is 30.8 Å². The Bertz CT molecular complexity index is 916. The van der Waals surface area contributed by atoms with E-state index < -0.39 is 0 Å². The van der Waals surface area contributed by atoms with Crippen molar-refractivity contribution in [3.8, 4) is 17.0 Å². The van der Waals surface area contributed by atoms with Crippen LogP contribution < -0.4 is 10.1 Å². The normalized spacial score (nSPS) is 11.1. The quantitative estimate of drug-likeness (QED) is 0.577. The van der Waals surface area contributed by atoms with Crippen LogP contribution in [0.25, 0.3) is 16.9 Å². The number of aromatic nitrogens is 3. The lowest BCUT2D eigenvalue weighted by atomic mass is 10.1. The van der Waals surface area contributed by atoms with Gasteiger partial charge in [-0.1, -0.05) is 13.8 Å². The van der Waals surface area contributed by atoms with Crippen molar-refractivity contribution >= 4 is 11.6 Å². The van der Waals surface area contributed by atoms with Crippen LogP contribution in [0.4, 0.5) is 0 Å². The van der Waals surface area contributed by atoms with Gasteiger partial charge in [-0.2, -0.15) is 0 Å². The van der Waals surface area contributed by atoms with Gasteiger partial charge in [-0.05, 0) is 50.3 Å². The zero-order valence-electron chi connectivity index (χ0n) is 16.7. The molecule has 0 spiro atoms. The van der Waals surface area contributed by atoms with Gasteiger partial charge in [0.1, 0.15) is 17.1 Å². The van der Waals surface area contributed by atoms with Crippen LogP contribution >= 0.6 is 0 Å². The van der Waals surface area contributed by atoms with Crippen LogP contribution in [0.3, 0.4) is 0 Å². The fourth-order valence-corrected chi connectivity index (χ4v) is 3.12. The monoisotopic (exact) mass is 381 g/mol. The van der Waals surface area contributed by atoms with E-state index in [0.717, 1.165) is 43.1 Å². The highest BCUT2D eigenvalue weighted by molar-refractivity contribution is 5.93. The number of methoxy groups -OCH3 is 1. The number of imidazole rings is 1. The minimum atomic E-state index is -0.163. The number of fused-ring (bicyclic) bond motifs is 1. The lowest BCUT2D eigenvalue weighted by Crippen LogP contribution is -2.30. The number of ether oxygens (including phenoxy) is 1. The standard InChI is InChI=1S/C21H27N5O2/c1-4-25(5-2)13-6-11-23-21(27)18-15-26-14-12-22-19(20(26)24-18)16-7-9-17(28-3)10-8-16/h7-10,12,14-15H,4-6,11,13H2,1-3H3,(H,23,27). The summed E-state index contributed by atoms with van der Waals surface area (Å²) in [6.45, 7) is 7.95. The molecular formula is C21H27N5O2. The molecule has 0 aliphatic carbocycles. The molecule has 0 fully saturated rings. The predicted octanol–water partition coefficient (Wildman–Crippen LogP) is 2.87. The van der Waals surface area contributed by atoms with Crippen molar-refractivity contribution in [3.63, 3.8) is 0 Å². The average molecular weight is 381 g/mol. The summed E-state index contributed by atoms with van der Waals surface area (Å²) in [6, 6.07) is 7.63. The van der Waals surface area contributed by atoms with Crippen LogP contribution in [0.2, 0.25) is 0 Å². The van der Waals surface area contributed by atoms with E-state index in [-0.39, 0.29) is 5.91 Å². The SMILES string of the molecule is CCN(CC)CCCNC(=O)c1cn2ccnc(-c3ccc(OC)cc3)c2n1. The number of rotatable bonds is 9. The van der Waals surface area contributed by atoms with Crippen molar-refractivity contribution in [2.45, 2.75) is 20.3 Å². The molecule has 1 N–H and O–H groups in total. The van der Waals surface area contributed by atoms with E-state index in [9.17, 15) is 4.79 Å². The number of nitrogens with zero attached hydrogens (tertiary/aromatic N) is 4. The third-order valence-corrected chi connectivity index (χ3v) is 4.80. The van der Waals surface area contributed by atoms with Gasteiger partial charge in [0.15, 0.2) is 5.65 Å². The second-order valence-corrected chi connectivity index (χ2v) is 6.50. The molecule has 0 aliphatic heterocycles. The number of benzene rings is 1. The van der Waals surface area contributed by atoms with Gasteiger partial charge in [-0.15, -0.1) is 0 Å². The molecule has 0 bridgehead atoms. The molecule has 2 aromatic heterocycles. The molecule has 148 valence electrons. The Morgan fingerprint density at radius 1 is 1.21 bits per heavy atom. The van der Waals surface area contributed by atoms with Crippen LogP contribution in [0.5, 0.6) is 5.75 Å². The van der Waals surface area contributed by atoms with E-state index in [1.54, 1.807) is 25.7 Å². The van der Waals surface area contributed by atoms with Crippen LogP contribution in [0.15, 0.2) is 42.9 Å². The molecule has 7 heteroatoms. The first-order valence-electron chi connectivity index (χ1n) is 9.65. The molecule has 3 rings (SSSR count). The van der Waals surface area contributed by atoms with E-state index in [4.69, 9.17) is 4.74 Å². The summed E-state index contributed by atoms with van der Waals surface area (Å²) < 4.78 is 7.04. The summed E-state index contributed by atoms with van der Waals surface area (Å²) in [6.07, 6.45) is 6.16. The summed E-state index contributed by atoms with van der Waals surface area (Å²) in [5.41, 5.74) is 2.69. The molecule has 1 aromatic carbocycles. The maximum Gasteiger partial charge on any atom is 0.271 e. The molecule has 0 unspecified atom stereocenters. The van der Waals surface area contributed by atoms with Crippen LogP contribution in [-0.2, 0) is 0 Å². The lowest BCUT2D eigenvalue weighted by Gasteiger charge is -2.17. The Hall–Kier alpha value is -2.93. The molecule has 0 aliphatic rings. The molecule has 1 amide bonds. The molecule has 7 nitrogen and oxygen atoms in total. The van der Waals surface area contributed by atoms with Crippen LogP contribution in [0, 0.1) is 0 Å². The Morgan fingerprint density at radius 2 is 1.96 bits per heavy atom. The van der Waals surface area contributed by atoms with Gasteiger partial charge in [-0.25, -0.2) is 4.98 Å². The zero-order chi connectivity index (χ0) is 19.9. The van der Waals surface area contributed by atoms with Gasteiger partial charge >= 0.3 is 0 Å².